The van der Waals surface area contributed by atoms with Crippen LogP contribution in [0.4, 0.5) is 13.2 Å². The van der Waals surface area contributed by atoms with E-state index in [1.807, 2.05) is 13.0 Å². The Balaban J connectivity index is 0.00000420. The Morgan fingerprint density at radius 2 is 2.00 bits per heavy atom. The van der Waals surface area contributed by atoms with Gasteiger partial charge in [-0.1, -0.05) is 18.6 Å². The molecule has 0 aromatic heterocycles. The Morgan fingerprint density at radius 3 is 2.59 bits per heavy atom. The summed E-state index contributed by atoms with van der Waals surface area (Å²) in [5, 5.41) is 6.62. The largest absolute Gasteiger partial charge is 0.484 e. The second-order valence-corrected chi connectivity index (χ2v) is 7.20. The smallest absolute Gasteiger partial charge is 0.422 e. The summed E-state index contributed by atoms with van der Waals surface area (Å²) in [6, 6.07) is 6.59. The van der Waals surface area contributed by atoms with Gasteiger partial charge in [-0.2, -0.15) is 13.2 Å². The van der Waals surface area contributed by atoms with E-state index in [9.17, 15) is 13.2 Å². The zero-order valence-electron chi connectivity index (χ0n) is 17.0. The van der Waals surface area contributed by atoms with E-state index in [1.165, 1.54) is 25.3 Å². The minimum atomic E-state index is -4.35. The summed E-state index contributed by atoms with van der Waals surface area (Å²) in [5.74, 6) is 0.892. The average Bonchev–Trinajstić information content (AvgIpc) is 2.63. The van der Waals surface area contributed by atoms with Gasteiger partial charge in [0, 0.05) is 26.8 Å². The van der Waals surface area contributed by atoms with Crippen LogP contribution in [0, 0.1) is 5.41 Å². The molecule has 29 heavy (non-hydrogen) atoms. The molecular formula is C20H31F3IN3O2. The molecule has 0 spiro atoms. The van der Waals surface area contributed by atoms with Gasteiger partial charge in [0.1, 0.15) is 5.75 Å². The molecule has 166 valence electrons. The highest BCUT2D eigenvalue weighted by Gasteiger charge is 2.36. The maximum Gasteiger partial charge on any atom is 0.422 e. The normalized spacial score (nSPS) is 15.8. The Kier molecular flexibility index (Phi) is 11.1. The van der Waals surface area contributed by atoms with Crippen molar-refractivity contribution in [2.24, 2.45) is 10.4 Å². The van der Waals surface area contributed by atoms with Crippen LogP contribution in [-0.2, 0) is 11.3 Å². The zero-order valence-corrected chi connectivity index (χ0v) is 19.3. The van der Waals surface area contributed by atoms with Gasteiger partial charge in [0.15, 0.2) is 12.6 Å². The molecule has 0 radical (unpaired) electrons. The van der Waals surface area contributed by atoms with Crippen LogP contribution in [0.1, 0.15) is 38.2 Å². The van der Waals surface area contributed by atoms with Gasteiger partial charge < -0.3 is 20.1 Å². The minimum absolute atomic E-state index is 0. The molecule has 5 nitrogen and oxygen atoms in total. The molecule has 0 heterocycles. The number of hydrogen-bond acceptors (Lipinski definition) is 3. The molecule has 0 aliphatic heterocycles. The van der Waals surface area contributed by atoms with Crippen LogP contribution in [0.3, 0.4) is 0 Å². The van der Waals surface area contributed by atoms with Gasteiger partial charge in [0.05, 0.1) is 6.54 Å². The van der Waals surface area contributed by atoms with Crippen molar-refractivity contribution in [2.45, 2.75) is 45.3 Å². The molecule has 1 fully saturated rings. The van der Waals surface area contributed by atoms with Crippen LogP contribution in [0.2, 0.25) is 0 Å². The van der Waals surface area contributed by atoms with Gasteiger partial charge in [-0.15, -0.1) is 24.0 Å². The number of nitrogens with zero attached hydrogens (tertiary/aromatic N) is 1. The monoisotopic (exact) mass is 529 g/mol. The molecule has 0 bridgehead atoms. The average molecular weight is 529 g/mol. The van der Waals surface area contributed by atoms with Gasteiger partial charge in [0.2, 0.25) is 0 Å². The van der Waals surface area contributed by atoms with Crippen molar-refractivity contribution in [1.29, 1.82) is 0 Å². The number of aliphatic imine (C=N–C) groups is 1. The van der Waals surface area contributed by atoms with Crippen LogP contribution in [0.5, 0.6) is 5.75 Å². The number of halogens is 4. The number of rotatable bonds is 10. The summed E-state index contributed by atoms with van der Waals surface area (Å²) in [7, 11) is 1.72. The van der Waals surface area contributed by atoms with Crippen LogP contribution >= 0.6 is 24.0 Å². The zero-order chi connectivity index (χ0) is 20.5. The Morgan fingerprint density at radius 1 is 1.24 bits per heavy atom. The summed E-state index contributed by atoms with van der Waals surface area (Å²) in [5.41, 5.74) is 1.05. The van der Waals surface area contributed by atoms with Crippen molar-refractivity contribution in [1.82, 2.24) is 10.6 Å². The molecule has 1 aromatic carbocycles. The topological polar surface area (TPSA) is 54.9 Å². The first-order valence-electron chi connectivity index (χ1n) is 9.65. The summed E-state index contributed by atoms with van der Waals surface area (Å²) < 4.78 is 46.9. The van der Waals surface area contributed by atoms with Crippen molar-refractivity contribution in [3.05, 3.63) is 29.8 Å². The molecule has 2 N–H and O–H groups in total. The lowest BCUT2D eigenvalue weighted by Crippen LogP contribution is -2.46. The molecule has 1 aliphatic rings. The number of methoxy groups -OCH3 is 1. The van der Waals surface area contributed by atoms with Crippen LogP contribution in [0.15, 0.2) is 29.3 Å². The van der Waals surface area contributed by atoms with Crippen molar-refractivity contribution in [2.75, 3.05) is 33.4 Å². The fourth-order valence-corrected chi connectivity index (χ4v) is 3.19. The first-order chi connectivity index (χ1) is 13.4. The molecular weight excluding hydrogens is 498 g/mol. The van der Waals surface area contributed by atoms with Crippen molar-refractivity contribution < 1.29 is 22.6 Å². The molecule has 0 atom stereocenters. The van der Waals surface area contributed by atoms with Gasteiger partial charge in [0.25, 0.3) is 0 Å². The van der Waals surface area contributed by atoms with Crippen LogP contribution in [-0.4, -0.2) is 45.5 Å². The molecule has 0 amide bonds. The van der Waals surface area contributed by atoms with E-state index in [1.54, 1.807) is 19.2 Å². The standard InChI is InChI=1S/C20H30F3N3O2.HI/c1-3-24-18(26-14-19(8-5-9-19)10-11-27-2)25-13-16-6-4-7-17(12-16)28-15-20(21,22)23;/h4,6-7,12H,3,5,8-11,13-15H2,1-2H3,(H2,24,25,26);1H. The van der Waals surface area contributed by atoms with E-state index in [4.69, 9.17) is 9.47 Å². The maximum absolute atomic E-state index is 12.3. The quantitative estimate of drug-likeness (QED) is 0.266. The minimum Gasteiger partial charge on any atom is -0.484 e. The summed E-state index contributed by atoms with van der Waals surface area (Å²) in [6.45, 7) is 3.35. The molecule has 1 aliphatic carbocycles. The van der Waals surface area contributed by atoms with E-state index in [-0.39, 0.29) is 35.1 Å². The number of benzene rings is 1. The molecule has 1 saturated carbocycles. The van der Waals surface area contributed by atoms with Gasteiger partial charge in [-0.05, 0) is 49.3 Å². The third kappa shape index (κ3) is 9.41. The van der Waals surface area contributed by atoms with Crippen molar-refractivity contribution >= 4 is 29.9 Å². The first-order valence-corrected chi connectivity index (χ1v) is 9.65. The van der Waals surface area contributed by atoms with Gasteiger partial charge in [-0.3, -0.25) is 0 Å². The molecule has 9 heteroatoms. The number of guanidine groups is 1. The number of nitrogens with one attached hydrogen (secondary N) is 2. The highest BCUT2D eigenvalue weighted by atomic mass is 127. The second-order valence-electron chi connectivity index (χ2n) is 7.20. The molecule has 2 rings (SSSR count). The maximum atomic E-state index is 12.3. The first kappa shape index (κ1) is 25.8. The van der Waals surface area contributed by atoms with E-state index in [2.05, 4.69) is 15.6 Å². The van der Waals surface area contributed by atoms with Crippen LogP contribution < -0.4 is 15.4 Å². The highest BCUT2D eigenvalue weighted by molar-refractivity contribution is 14.0. The van der Waals surface area contributed by atoms with E-state index >= 15 is 0 Å². The lowest BCUT2D eigenvalue weighted by atomic mass is 9.67. The summed E-state index contributed by atoms with van der Waals surface area (Å²) in [4.78, 5) is 4.56. The summed E-state index contributed by atoms with van der Waals surface area (Å²) >= 11 is 0. The molecule has 1 aromatic rings. The number of ether oxygens (including phenoxy) is 2. The SMILES string of the molecule is CCNC(=NCc1cccc(OCC(F)(F)F)c1)NCC1(CCOC)CCC1.I. The van der Waals surface area contributed by atoms with E-state index < -0.39 is 12.8 Å². The van der Waals surface area contributed by atoms with Crippen molar-refractivity contribution in [3.8, 4) is 5.75 Å². The third-order valence-corrected chi connectivity index (χ3v) is 4.95. The van der Waals surface area contributed by atoms with E-state index in [0.29, 0.717) is 12.5 Å². The van der Waals surface area contributed by atoms with E-state index in [0.717, 1.165) is 31.7 Å². The van der Waals surface area contributed by atoms with Gasteiger partial charge >= 0.3 is 6.18 Å². The Bertz CT molecular complexity index is 638. The van der Waals surface area contributed by atoms with Gasteiger partial charge in [-0.25, -0.2) is 4.99 Å². The second kappa shape index (κ2) is 12.5. The fourth-order valence-electron chi connectivity index (χ4n) is 3.19. The summed E-state index contributed by atoms with van der Waals surface area (Å²) in [6.07, 6.45) is 0.275. The van der Waals surface area contributed by atoms with Crippen LogP contribution in [0.25, 0.3) is 0 Å². The Hall–Kier alpha value is -1.23. The third-order valence-electron chi connectivity index (χ3n) is 4.95. The molecule has 0 saturated heterocycles. The lowest BCUT2D eigenvalue weighted by Gasteiger charge is -2.42. The predicted octanol–water partition coefficient (Wildman–Crippen LogP) is 4.51. The predicted molar refractivity (Wildman–Crippen MR) is 119 cm³/mol. The Labute approximate surface area is 187 Å². The fraction of sp³-hybridized carbons (Fsp3) is 0.650. The molecule has 0 unspecified atom stereocenters. The highest BCUT2D eigenvalue weighted by Crippen LogP contribution is 2.43. The number of hydrogen-bond donors (Lipinski definition) is 2. The number of alkyl halides is 3. The van der Waals surface area contributed by atoms with Crippen molar-refractivity contribution in [3.63, 3.8) is 0 Å². The lowest BCUT2D eigenvalue weighted by molar-refractivity contribution is -0.153.